The minimum atomic E-state index is -0.775. The number of rotatable bonds is 2. The van der Waals surface area contributed by atoms with E-state index in [0.29, 0.717) is 6.42 Å². The van der Waals surface area contributed by atoms with E-state index in [2.05, 4.69) is 10.4 Å². The Balaban J connectivity index is 2.05. The number of hydrogen-bond donors (Lipinski definition) is 2. The van der Waals surface area contributed by atoms with Gasteiger partial charge in [-0.25, -0.2) is 0 Å². The van der Waals surface area contributed by atoms with E-state index in [0.717, 1.165) is 12.1 Å². The first kappa shape index (κ1) is 9.21. The Morgan fingerprint density at radius 3 is 3.00 bits per heavy atom. The Hall–Kier alpha value is -1.36. The molecule has 2 N–H and O–H groups in total. The van der Waals surface area contributed by atoms with Crippen LogP contribution in [0.5, 0.6) is 0 Å². The van der Waals surface area contributed by atoms with E-state index in [9.17, 15) is 4.79 Å². The molecule has 2 unspecified atom stereocenters. The number of nitrogens with one attached hydrogen (secondary N) is 1. The van der Waals surface area contributed by atoms with Crippen molar-refractivity contribution in [2.24, 2.45) is 7.05 Å². The van der Waals surface area contributed by atoms with E-state index in [1.54, 1.807) is 4.68 Å². The van der Waals surface area contributed by atoms with E-state index in [4.69, 9.17) is 5.11 Å². The van der Waals surface area contributed by atoms with Gasteiger partial charge in [0.15, 0.2) is 0 Å². The van der Waals surface area contributed by atoms with Gasteiger partial charge in [0.1, 0.15) is 6.04 Å². The molecule has 2 heterocycles. The molecule has 0 radical (unpaired) electrons. The lowest BCUT2D eigenvalue weighted by Crippen LogP contribution is -2.31. The number of carboxylic acids is 1. The van der Waals surface area contributed by atoms with Crippen LogP contribution < -0.4 is 5.32 Å². The smallest absolute Gasteiger partial charge is 0.320 e. The van der Waals surface area contributed by atoms with Gasteiger partial charge in [-0.1, -0.05) is 0 Å². The molecule has 1 aliphatic rings. The van der Waals surface area contributed by atoms with Crippen LogP contribution in [0.2, 0.25) is 0 Å². The summed E-state index contributed by atoms with van der Waals surface area (Å²) in [5.41, 5.74) is 0.927. The number of carboxylic acid groups (broad SMARTS) is 1. The lowest BCUT2D eigenvalue weighted by atomic mass is 10.1. The summed E-state index contributed by atoms with van der Waals surface area (Å²) in [5, 5.41) is 16.1. The van der Waals surface area contributed by atoms with Crippen LogP contribution in [0.15, 0.2) is 12.3 Å². The molecule has 1 fully saturated rings. The lowest BCUT2D eigenvalue weighted by Gasteiger charge is -2.08. The topological polar surface area (TPSA) is 67.2 Å². The van der Waals surface area contributed by atoms with Gasteiger partial charge in [0.25, 0.3) is 0 Å². The molecule has 2 rings (SSSR count). The molecule has 2 atom stereocenters. The molecule has 0 saturated carbocycles. The minimum absolute atomic E-state index is 0.0947. The van der Waals surface area contributed by atoms with Crippen LogP contribution in [0, 0.1) is 0 Å². The molecular weight excluding hydrogens is 182 g/mol. The van der Waals surface area contributed by atoms with Gasteiger partial charge in [-0.2, -0.15) is 5.10 Å². The molecule has 0 aromatic carbocycles. The summed E-state index contributed by atoms with van der Waals surface area (Å²) >= 11 is 0. The molecule has 0 amide bonds. The Labute approximate surface area is 81.7 Å². The molecule has 5 heteroatoms. The Morgan fingerprint density at radius 2 is 2.50 bits per heavy atom. The van der Waals surface area contributed by atoms with Crippen LogP contribution in [0.3, 0.4) is 0 Å². The fraction of sp³-hybridized carbons (Fsp3) is 0.556. The summed E-state index contributed by atoms with van der Waals surface area (Å²) in [6.07, 6.45) is 3.38. The zero-order valence-corrected chi connectivity index (χ0v) is 7.97. The highest BCUT2D eigenvalue weighted by atomic mass is 16.4. The summed E-state index contributed by atoms with van der Waals surface area (Å²) < 4.78 is 1.73. The molecule has 0 spiro atoms. The zero-order chi connectivity index (χ0) is 10.1. The Morgan fingerprint density at radius 1 is 1.71 bits per heavy atom. The van der Waals surface area contributed by atoms with Crippen LogP contribution in [-0.4, -0.2) is 26.9 Å². The summed E-state index contributed by atoms with van der Waals surface area (Å²) in [5.74, 6) is -0.775. The summed E-state index contributed by atoms with van der Waals surface area (Å²) in [7, 11) is 1.85. The molecule has 0 bridgehead atoms. The normalized spacial score (nSPS) is 26.6. The maximum Gasteiger partial charge on any atom is 0.320 e. The second-order valence-electron chi connectivity index (χ2n) is 3.60. The number of aromatic nitrogens is 2. The highest BCUT2D eigenvalue weighted by Crippen LogP contribution is 2.24. The van der Waals surface area contributed by atoms with Gasteiger partial charge in [-0.3, -0.25) is 14.8 Å². The summed E-state index contributed by atoms with van der Waals surface area (Å²) in [6.45, 7) is 0. The molecule has 1 aromatic rings. The van der Waals surface area contributed by atoms with Crippen molar-refractivity contribution < 1.29 is 9.90 Å². The highest BCUT2D eigenvalue weighted by Gasteiger charge is 2.30. The third-order valence-corrected chi connectivity index (χ3v) is 2.54. The van der Waals surface area contributed by atoms with Gasteiger partial charge in [-0.15, -0.1) is 0 Å². The van der Waals surface area contributed by atoms with Crippen molar-refractivity contribution >= 4 is 5.97 Å². The van der Waals surface area contributed by atoms with Crippen molar-refractivity contribution in [2.45, 2.75) is 24.9 Å². The van der Waals surface area contributed by atoms with Crippen molar-refractivity contribution in [3.63, 3.8) is 0 Å². The largest absolute Gasteiger partial charge is 0.480 e. The van der Waals surface area contributed by atoms with Crippen molar-refractivity contribution in [2.75, 3.05) is 0 Å². The van der Waals surface area contributed by atoms with Crippen molar-refractivity contribution in [1.82, 2.24) is 15.1 Å². The molecule has 1 aromatic heterocycles. The van der Waals surface area contributed by atoms with Crippen molar-refractivity contribution in [3.05, 3.63) is 18.0 Å². The third kappa shape index (κ3) is 1.63. The van der Waals surface area contributed by atoms with E-state index in [1.165, 1.54) is 0 Å². The quantitative estimate of drug-likeness (QED) is 0.712. The molecule has 14 heavy (non-hydrogen) atoms. The average molecular weight is 195 g/mol. The van der Waals surface area contributed by atoms with Gasteiger partial charge in [0.05, 0.1) is 11.7 Å². The SMILES string of the molecule is Cn1ccc(C2CCC(C(=O)O)N2)n1. The van der Waals surface area contributed by atoms with Crippen LogP contribution in [0.4, 0.5) is 0 Å². The van der Waals surface area contributed by atoms with Crippen LogP contribution in [-0.2, 0) is 11.8 Å². The number of carbonyl (C=O) groups is 1. The third-order valence-electron chi connectivity index (χ3n) is 2.54. The van der Waals surface area contributed by atoms with E-state index >= 15 is 0 Å². The van der Waals surface area contributed by atoms with E-state index in [1.807, 2.05) is 19.3 Å². The van der Waals surface area contributed by atoms with Gasteiger partial charge in [0.2, 0.25) is 0 Å². The zero-order valence-electron chi connectivity index (χ0n) is 7.97. The second-order valence-corrected chi connectivity index (χ2v) is 3.60. The first-order valence-corrected chi connectivity index (χ1v) is 4.65. The molecule has 1 saturated heterocycles. The molecule has 76 valence electrons. The predicted octanol–water partition coefficient (Wildman–Crippen LogP) is 0.298. The Bertz CT molecular complexity index is 348. The molecule has 5 nitrogen and oxygen atoms in total. The van der Waals surface area contributed by atoms with Crippen LogP contribution in [0.1, 0.15) is 24.6 Å². The fourth-order valence-corrected chi connectivity index (χ4v) is 1.79. The summed E-state index contributed by atoms with van der Waals surface area (Å²) in [6, 6.07) is 1.60. The van der Waals surface area contributed by atoms with Crippen LogP contribution >= 0.6 is 0 Å². The first-order valence-electron chi connectivity index (χ1n) is 4.65. The monoisotopic (exact) mass is 195 g/mol. The van der Waals surface area contributed by atoms with Crippen molar-refractivity contribution in [3.8, 4) is 0 Å². The van der Waals surface area contributed by atoms with Gasteiger partial charge >= 0.3 is 5.97 Å². The lowest BCUT2D eigenvalue weighted by molar-refractivity contribution is -0.139. The molecule has 1 aliphatic heterocycles. The molecular formula is C9H13N3O2. The number of nitrogens with zero attached hydrogens (tertiary/aromatic N) is 2. The standard InChI is InChI=1S/C9H13N3O2/c1-12-5-4-7(11-12)6-2-3-8(10-6)9(13)14/h4-6,8,10H,2-3H2,1H3,(H,13,14). The van der Waals surface area contributed by atoms with Gasteiger partial charge < -0.3 is 5.11 Å². The average Bonchev–Trinajstić information content (AvgIpc) is 2.70. The van der Waals surface area contributed by atoms with E-state index < -0.39 is 12.0 Å². The number of aliphatic carboxylic acids is 1. The van der Waals surface area contributed by atoms with Crippen LogP contribution in [0.25, 0.3) is 0 Å². The van der Waals surface area contributed by atoms with Gasteiger partial charge in [0, 0.05) is 13.2 Å². The highest BCUT2D eigenvalue weighted by molar-refractivity contribution is 5.73. The second kappa shape index (κ2) is 3.42. The Kier molecular flexibility index (Phi) is 2.25. The van der Waals surface area contributed by atoms with E-state index in [-0.39, 0.29) is 6.04 Å². The summed E-state index contributed by atoms with van der Waals surface area (Å²) in [4.78, 5) is 10.7. The van der Waals surface area contributed by atoms with Crippen molar-refractivity contribution in [1.29, 1.82) is 0 Å². The number of aryl methyl sites for hydroxylation is 1. The fourth-order valence-electron chi connectivity index (χ4n) is 1.79. The predicted molar refractivity (Wildman–Crippen MR) is 49.7 cm³/mol. The molecule has 0 aliphatic carbocycles. The first-order chi connectivity index (χ1) is 6.66. The maximum atomic E-state index is 10.7. The maximum absolute atomic E-state index is 10.7. The van der Waals surface area contributed by atoms with Gasteiger partial charge in [-0.05, 0) is 18.9 Å². The number of hydrogen-bond acceptors (Lipinski definition) is 3. The minimum Gasteiger partial charge on any atom is -0.480 e.